The van der Waals surface area contributed by atoms with E-state index in [1.807, 2.05) is 24.3 Å². The van der Waals surface area contributed by atoms with E-state index in [4.69, 9.17) is 5.11 Å². The Bertz CT molecular complexity index is 591. The van der Waals surface area contributed by atoms with Crippen molar-refractivity contribution in [3.63, 3.8) is 0 Å². The Balaban J connectivity index is 2.31. The molecule has 0 saturated heterocycles. The van der Waals surface area contributed by atoms with Crippen LogP contribution >= 0.6 is 0 Å². The van der Waals surface area contributed by atoms with Gasteiger partial charge in [-0.1, -0.05) is 38.1 Å². The lowest BCUT2D eigenvalue weighted by Gasteiger charge is -2.12. The topological polar surface area (TPSA) is 49.3 Å². The predicted molar refractivity (Wildman–Crippen MR) is 77.2 cm³/mol. The van der Waals surface area contributed by atoms with Gasteiger partial charge in [0.1, 0.15) is 0 Å². The maximum absolute atomic E-state index is 11.1. The van der Waals surface area contributed by atoms with E-state index < -0.39 is 5.97 Å². The first kappa shape index (κ1) is 13.1. The molecule has 0 aliphatic heterocycles. The Kier molecular flexibility index (Phi) is 3.85. The number of carbonyl (C=O) groups is 1. The molecule has 0 fully saturated rings. The number of anilines is 2. The third-order valence-electron chi connectivity index (χ3n) is 2.99. The first-order chi connectivity index (χ1) is 9.08. The van der Waals surface area contributed by atoms with Gasteiger partial charge >= 0.3 is 5.97 Å². The summed E-state index contributed by atoms with van der Waals surface area (Å²) in [6.07, 6.45) is 0. The molecule has 2 rings (SSSR count). The van der Waals surface area contributed by atoms with E-state index >= 15 is 0 Å². The van der Waals surface area contributed by atoms with E-state index in [0.29, 0.717) is 11.6 Å². The van der Waals surface area contributed by atoms with Gasteiger partial charge in [0.25, 0.3) is 0 Å². The van der Waals surface area contributed by atoms with Crippen molar-refractivity contribution in [2.24, 2.45) is 0 Å². The molecule has 3 nitrogen and oxygen atoms in total. The van der Waals surface area contributed by atoms with Gasteiger partial charge in [-0.2, -0.15) is 0 Å². The minimum Gasteiger partial charge on any atom is -0.478 e. The first-order valence-electron chi connectivity index (χ1n) is 6.27. The van der Waals surface area contributed by atoms with Gasteiger partial charge in [0.2, 0.25) is 0 Å². The van der Waals surface area contributed by atoms with Crippen LogP contribution in [0, 0.1) is 0 Å². The third-order valence-corrected chi connectivity index (χ3v) is 2.99. The Labute approximate surface area is 112 Å². The molecular weight excluding hydrogens is 238 g/mol. The zero-order valence-corrected chi connectivity index (χ0v) is 11.1. The van der Waals surface area contributed by atoms with E-state index in [-0.39, 0.29) is 5.56 Å². The van der Waals surface area contributed by atoms with E-state index in [1.54, 1.807) is 18.2 Å². The molecule has 98 valence electrons. The molecule has 3 heteroatoms. The minimum absolute atomic E-state index is 0.275. The van der Waals surface area contributed by atoms with E-state index in [1.165, 1.54) is 5.56 Å². The number of rotatable bonds is 4. The molecule has 0 unspecified atom stereocenters. The first-order valence-corrected chi connectivity index (χ1v) is 6.27. The maximum Gasteiger partial charge on any atom is 0.337 e. The fourth-order valence-electron chi connectivity index (χ4n) is 1.91. The molecule has 0 aliphatic rings. The molecule has 2 aromatic rings. The molecule has 19 heavy (non-hydrogen) atoms. The molecule has 0 spiro atoms. The fraction of sp³-hybridized carbons (Fsp3) is 0.188. The van der Waals surface area contributed by atoms with Crippen LogP contribution in [-0.4, -0.2) is 11.1 Å². The normalized spacial score (nSPS) is 10.5. The van der Waals surface area contributed by atoms with Crippen LogP contribution in [0.3, 0.4) is 0 Å². The summed E-state index contributed by atoms with van der Waals surface area (Å²) in [7, 11) is 0. The molecule has 2 N–H and O–H groups in total. The van der Waals surface area contributed by atoms with Gasteiger partial charge in [-0.3, -0.25) is 0 Å². The third kappa shape index (κ3) is 3.13. The molecule has 0 aromatic heterocycles. The molecular formula is C16H17NO2. The number of carboxylic acid groups (broad SMARTS) is 1. The number of nitrogens with one attached hydrogen (secondary N) is 1. The summed E-state index contributed by atoms with van der Waals surface area (Å²) in [5, 5.41) is 12.3. The Morgan fingerprint density at radius 2 is 1.84 bits per heavy atom. The largest absolute Gasteiger partial charge is 0.478 e. The lowest BCUT2D eigenvalue weighted by molar-refractivity contribution is 0.0698. The summed E-state index contributed by atoms with van der Waals surface area (Å²) >= 11 is 0. The van der Waals surface area contributed by atoms with E-state index in [9.17, 15) is 4.79 Å². The quantitative estimate of drug-likeness (QED) is 0.858. The number of hydrogen-bond acceptors (Lipinski definition) is 2. The van der Waals surface area contributed by atoms with Gasteiger partial charge in [-0.15, -0.1) is 0 Å². The van der Waals surface area contributed by atoms with Gasteiger partial charge in [0.05, 0.1) is 11.3 Å². The Morgan fingerprint density at radius 3 is 2.53 bits per heavy atom. The molecule has 0 aliphatic carbocycles. The summed E-state index contributed by atoms with van der Waals surface area (Å²) in [6.45, 7) is 4.26. The monoisotopic (exact) mass is 255 g/mol. The van der Waals surface area contributed by atoms with Crippen LogP contribution < -0.4 is 5.32 Å². The summed E-state index contributed by atoms with van der Waals surface area (Å²) in [4.78, 5) is 11.1. The number of aromatic carboxylic acids is 1. The van der Waals surface area contributed by atoms with Crippen LogP contribution in [0.25, 0.3) is 0 Å². The van der Waals surface area contributed by atoms with Crippen LogP contribution in [0.2, 0.25) is 0 Å². The van der Waals surface area contributed by atoms with Gasteiger partial charge in [0, 0.05) is 5.69 Å². The second-order valence-corrected chi connectivity index (χ2v) is 4.76. The highest BCUT2D eigenvalue weighted by Gasteiger charge is 2.09. The molecule has 2 aromatic carbocycles. The van der Waals surface area contributed by atoms with Crippen LogP contribution in [-0.2, 0) is 0 Å². The summed E-state index contributed by atoms with van der Waals surface area (Å²) < 4.78 is 0. The van der Waals surface area contributed by atoms with Gasteiger partial charge in [-0.25, -0.2) is 4.79 Å². The van der Waals surface area contributed by atoms with Crippen molar-refractivity contribution in [2.45, 2.75) is 19.8 Å². The lowest BCUT2D eigenvalue weighted by atomic mass is 10.0. The van der Waals surface area contributed by atoms with Crippen molar-refractivity contribution in [3.05, 3.63) is 59.7 Å². The van der Waals surface area contributed by atoms with Crippen molar-refractivity contribution in [1.29, 1.82) is 0 Å². The fourth-order valence-corrected chi connectivity index (χ4v) is 1.91. The van der Waals surface area contributed by atoms with Crippen molar-refractivity contribution in [3.8, 4) is 0 Å². The number of benzene rings is 2. The van der Waals surface area contributed by atoms with Crippen molar-refractivity contribution >= 4 is 17.3 Å². The number of para-hydroxylation sites is 1. The second-order valence-electron chi connectivity index (χ2n) is 4.76. The highest BCUT2D eigenvalue weighted by Crippen LogP contribution is 2.24. The molecule has 0 amide bonds. The zero-order valence-electron chi connectivity index (χ0n) is 11.1. The average molecular weight is 255 g/mol. The Hall–Kier alpha value is -2.29. The second kappa shape index (κ2) is 5.57. The molecule has 0 atom stereocenters. The average Bonchev–Trinajstić information content (AvgIpc) is 2.39. The summed E-state index contributed by atoms with van der Waals surface area (Å²) in [6, 6.07) is 14.9. The summed E-state index contributed by atoms with van der Waals surface area (Å²) in [5.41, 5.74) is 3.01. The van der Waals surface area contributed by atoms with E-state index in [0.717, 1.165) is 5.69 Å². The number of carboxylic acids is 1. The van der Waals surface area contributed by atoms with Crippen LogP contribution in [0.15, 0.2) is 48.5 Å². The number of hydrogen-bond donors (Lipinski definition) is 2. The standard InChI is InChI=1S/C16H17NO2/c1-11(2)12-6-5-7-13(10-12)17-15-9-4-3-8-14(15)16(18)19/h3-11,17H,1-2H3,(H,18,19). The van der Waals surface area contributed by atoms with Crippen LogP contribution in [0.4, 0.5) is 11.4 Å². The Morgan fingerprint density at radius 1 is 1.11 bits per heavy atom. The highest BCUT2D eigenvalue weighted by atomic mass is 16.4. The summed E-state index contributed by atoms with van der Waals surface area (Å²) in [5.74, 6) is -0.486. The molecule has 0 heterocycles. The van der Waals surface area contributed by atoms with Crippen molar-refractivity contribution in [1.82, 2.24) is 0 Å². The van der Waals surface area contributed by atoms with Gasteiger partial charge in [0.15, 0.2) is 0 Å². The van der Waals surface area contributed by atoms with Crippen LogP contribution in [0.5, 0.6) is 0 Å². The van der Waals surface area contributed by atoms with E-state index in [2.05, 4.69) is 25.2 Å². The minimum atomic E-state index is -0.928. The van der Waals surface area contributed by atoms with Gasteiger partial charge in [-0.05, 0) is 35.7 Å². The highest BCUT2D eigenvalue weighted by molar-refractivity contribution is 5.95. The molecule has 0 saturated carbocycles. The maximum atomic E-state index is 11.1. The molecule has 0 radical (unpaired) electrons. The van der Waals surface area contributed by atoms with Crippen molar-refractivity contribution < 1.29 is 9.90 Å². The zero-order chi connectivity index (χ0) is 13.8. The molecule has 0 bridgehead atoms. The SMILES string of the molecule is CC(C)c1cccc(Nc2ccccc2C(=O)O)c1. The van der Waals surface area contributed by atoms with Gasteiger partial charge < -0.3 is 10.4 Å². The smallest absolute Gasteiger partial charge is 0.337 e. The van der Waals surface area contributed by atoms with Crippen molar-refractivity contribution in [2.75, 3.05) is 5.32 Å². The predicted octanol–water partition coefficient (Wildman–Crippen LogP) is 4.25. The van der Waals surface area contributed by atoms with Crippen LogP contribution in [0.1, 0.15) is 35.7 Å². The lowest BCUT2D eigenvalue weighted by Crippen LogP contribution is -2.02.